The fraction of sp³-hybridized carbons (Fsp3) is 0.286. The van der Waals surface area contributed by atoms with Gasteiger partial charge >= 0.3 is 0 Å². The number of para-hydroxylation sites is 1. The fourth-order valence-electron chi connectivity index (χ4n) is 3.26. The lowest BCUT2D eigenvalue weighted by atomic mass is 10.1. The van der Waals surface area contributed by atoms with E-state index in [0.717, 1.165) is 17.7 Å². The van der Waals surface area contributed by atoms with E-state index >= 15 is 0 Å². The molecule has 3 aromatic rings. The standard InChI is InChI=1S/C21H20N2O3S/c1-13(2)23-20(25)16-5-3-4-6-17(16)22-21(23)27-12-18(24)14-7-8-19-15(11-14)9-10-26-19/h3-8,11,13H,9-10,12H2,1-2H3. The number of carbonyl (C=O) groups excluding carboxylic acids is 1. The number of aromatic nitrogens is 2. The third-order valence-corrected chi connectivity index (χ3v) is 5.59. The molecule has 4 rings (SSSR count). The van der Waals surface area contributed by atoms with Gasteiger partial charge in [0.2, 0.25) is 0 Å². The maximum atomic E-state index is 12.8. The number of ketones is 1. The van der Waals surface area contributed by atoms with Crippen LogP contribution in [0.3, 0.4) is 0 Å². The molecule has 1 aromatic heterocycles. The molecule has 0 radical (unpaired) electrons. The summed E-state index contributed by atoms with van der Waals surface area (Å²) in [5, 5.41) is 1.17. The molecule has 0 spiro atoms. The van der Waals surface area contributed by atoms with Crippen molar-refractivity contribution in [2.75, 3.05) is 12.4 Å². The Hall–Kier alpha value is -2.60. The van der Waals surface area contributed by atoms with Gasteiger partial charge in [0.15, 0.2) is 10.9 Å². The molecular formula is C21H20N2O3S. The highest BCUT2D eigenvalue weighted by molar-refractivity contribution is 7.99. The third kappa shape index (κ3) is 3.37. The molecule has 0 bridgehead atoms. The van der Waals surface area contributed by atoms with Gasteiger partial charge in [-0.15, -0.1) is 0 Å². The average Bonchev–Trinajstić information content (AvgIpc) is 3.13. The first kappa shape index (κ1) is 17.8. The van der Waals surface area contributed by atoms with Crippen molar-refractivity contribution in [2.45, 2.75) is 31.5 Å². The highest BCUT2D eigenvalue weighted by Crippen LogP contribution is 2.27. The molecule has 27 heavy (non-hydrogen) atoms. The maximum absolute atomic E-state index is 12.8. The lowest BCUT2D eigenvalue weighted by molar-refractivity contribution is 0.102. The summed E-state index contributed by atoms with van der Waals surface area (Å²) in [6, 6.07) is 12.8. The normalized spacial score (nSPS) is 13.0. The Balaban J connectivity index is 1.62. The van der Waals surface area contributed by atoms with Crippen LogP contribution >= 0.6 is 11.8 Å². The van der Waals surface area contributed by atoms with Gasteiger partial charge in [0.1, 0.15) is 5.75 Å². The molecule has 2 heterocycles. The first-order chi connectivity index (χ1) is 13.0. The Morgan fingerprint density at radius 3 is 2.89 bits per heavy atom. The molecule has 5 nitrogen and oxygen atoms in total. The zero-order chi connectivity index (χ0) is 19.0. The molecule has 0 N–H and O–H groups in total. The Morgan fingerprint density at radius 1 is 1.26 bits per heavy atom. The van der Waals surface area contributed by atoms with Gasteiger partial charge in [-0.2, -0.15) is 0 Å². The van der Waals surface area contributed by atoms with E-state index in [1.165, 1.54) is 11.8 Å². The van der Waals surface area contributed by atoms with Gasteiger partial charge in [-0.3, -0.25) is 14.2 Å². The minimum Gasteiger partial charge on any atom is -0.493 e. The summed E-state index contributed by atoms with van der Waals surface area (Å²) in [6.07, 6.45) is 0.836. The van der Waals surface area contributed by atoms with Crippen LogP contribution < -0.4 is 10.3 Å². The van der Waals surface area contributed by atoms with E-state index in [9.17, 15) is 9.59 Å². The number of benzene rings is 2. The molecule has 1 aliphatic heterocycles. The van der Waals surface area contributed by atoms with Crippen molar-refractivity contribution < 1.29 is 9.53 Å². The number of thioether (sulfide) groups is 1. The van der Waals surface area contributed by atoms with Crippen LogP contribution in [-0.2, 0) is 6.42 Å². The SMILES string of the molecule is CC(C)n1c(SCC(=O)c2ccc3c(c2)CCO3)nc2ccccc2c1=O. The average molecular weight is 380 g/mol. The van der Waals surface area contributed by atoms with E-state index in [-0.39, 0.29) is 23.1 Å². The van der Waals surface area contributed by atoms with Crippen molar-refractivity contribution in [3.8, 4) is 5.75 Å². The Bertz CT molecular complexity index is 1090. The lowest BCUT2D eigenvalue weighted by Crippen LogP contribution is -2.25. The summed E-state index contributed by atoms with van der Waals surface area (Å²) >= 11 is 1.31. The molecule has 0 amide bonds. The predicted molar refractivity (Wildman–Crippen MR) is 107 cm³/mol. The Labute approximate surface area is 161 Å². The number of carbonyl (C=O) groups is 1. The number of rotatable bonds is 5. The molecule has 0 saturated carbocycles. The highest BCUT2D eigenvalue weighted by atomic mass is 32.2. The van der Waals surface area contributed by atoms with Gasteiger partial charge in [-0.1, -0.05) is 23.9 Å². The lowest BCUT2D eigenvalue weighted by Gasteiger charge is -2.16. The van der Waals surface area contributed by atoms with Crippen LogP contribution in [0.15, 0.2) is 52.4 Å². The molecular weight excluding hydrogens is 360 g/mol. The van der Waals surface area contributed by atoms with Crippen molar-refractivity contribution in [2.24, 2.45) is 0 Å². The van der Waals surface area contributed by atoms with Gasteiger partial charge in [0.05, 0.1) is 23.3 Å². The second-order valence-electron chi connectivity index (χ2n) is 6.81. The topological polar surface area (TPSA) is 61.2 Å². The summed E-state index contributed by atoms with van der Waals surface area (Å²) in [5.74, 6) is 1.12. The monoisotopic (exact) mass is 380 g/mol. The Morgan fingerprint density at radius 2 is 2.07 bits per heavy atom. The summed E-state index contributed by atoms with van der Waals surface area (Å²) < 4.78 is 7.16. The quantitative estimate of drug-likeness (QED) is 0.382. The van der Waals surface area contributed by atoms with Crippen LogP contribution in [0.1, 0.15) is 35.8 Å². The van der Waals surface area contributed by atoms with Crippen LogP contribution in [0.25, 0.3) is 10.9 Å². The van der Waals surface area contributed by atoms with E-state index in [2.05, 4.69) is 4.98 Å². The molecule has 1 aliphatic rings. The van der Waals surface area contributed by atoms with Crippen LogP contribution in [0.2, 0.25) is 0 Å². The zero-order valence-electron chi connectivity index (χ0n) is 15.3. The summed E-state index contributed by atoms with van der Waals surface area (Å²) in [6.45, 7) is 4.57. The van der Waals surface area contributed by atoms with Gasteiger partial charge in [-0.05, 0) is 49.7 Å². The molecule has 2 aromatic carbocycles. The molecule has 0 aliphatic carbocycles. The molecule has 0 unspecified atom stereocenters. The first-order valence-electron chi connectivity index (χ1n) is 8.97. The second kappa shape index (κ2) is 7.19. The molecule has 6 heteroatoms. The minimum absolute atomic E-state index is 0.0208. The summed E-state index contributed by atoms with van der Waals surface area (Å²) in [4.78, 5) is 30.1. The van der Waals surface area contributed by atoms with E-state index in [4.69, 9.17) is 4.74 Å². The fourth-order valence-corrected chi connectivity index (χ4v) is 4.28. The van der Waals surface area contributed by atoms with Crippen molar-refractivity contribution >= 4 is 28.4 Å². The van der Waals surface area contributed by atoms with Gasteiger partial charge in [-0.25, -0.2) is 4.98 Å². The molecule has 0 saturated heterocycles. The smallest absolute Gasteiger partial charge is 0.262 e. The highest BCUT2D eigenvalue weighted by Gasteiger charge is 2.18. The zero-order valence-corrected chi connectivity index (χ0v) is 16.1. The van der Waals surface area contributed by atoms with Crippen LogP contribution in [-0.4, -0.2) is 27.7 Å². The molecule has 138 valence electrons. The number of ether oxygens (including phenoxy) is 1. The number of hydrogen-bond donors (Lipinski definition) is 0. The number of fused-ring (bicyclic) bond motifs is 2. The maximum Gasteiger partial charge on any atom is 0.262 e. The third-order valence-electron chi connectivity index (χ3n) is 4.64. The minimum atomic E-state index is -0.0692. The summed E-state index contributed by atoms with van der Waals surface area (Å²) in [5.41, 5.74) is 2.34. The van der Waals surface area contributed by atoms with E-state index in [0.29, 0.717) is 28.2 Å². The predicted octanol–water partition coefficient (Wildman–Crippen LogP) is 3.89. The largest absolute Gasteiger partial charge is 0.493 e. The van der Waals surface area contributed by atoms with Crippen LogP contribution in [0.4, 0.5) is 0 Å². The van der Waals surface area contributed by atoms with Gasteiger partial charge in [0.25, 0.3) is 5.56 Å². The van der Waals surface area contributed by atoms with Crippen molar-refractivity contribution in [3.05, 3.63) is 63.9 Å². The van der Waals surface area contributed by atoms with E-state index in [1.807, 2.05) is 44.2 Å². The number of nitrogens with zero attached hydrogens (tertiary/aromatic N) is 2. The van der Waals surface area contributed by atoms with Crippen molar-refractivity contribution in [3.63, 3.8) is 0 Å². The number of Topliss-reactive ketones (excluding diaryl/α,β-unsaturated/α-hetero) is 1. The van der Waals surface area contributed by atoms with Crippen LogP contribution in [0.5, 0.6) is 5.75 Å². The number of hydrogen-bond acceptors (Lipinski definition) is 5. The molecule has 0 fully saturated rings. The second-order valence-corrected chi connectivity index (χ2v) is 7.76. The van der Waals surface area contributed by atoms with E-state index in [1.54, 1.807) is 16.7 Å². The van der Waals surface area contributed by atoms with Gasteiger partial charge in [0, 0.05) is 18.0 Å². The van der Waals surface area contributed by atoms with Crippen molar-refractivity contribution in [1.82, 2.24) is 9.55 Å². The first-order valence-corrected chi connectivity index (χ1v) is 9.96. The Kier molecular flexibility index (Phi) is 4.74. The van der Waals surface area contributed by atoms with Crippen LogP contribution in [0, 0.1) is 0 Å². The van der Waals surface area contributed by atoms with Crippen molar-refractivity contribution in [1.29, 1.82) is 0 Å². The van der Waals surface area contributed by atoms with Gasteiger partial charge < -0.3 is 4.74 Å². The summed E-state index contributed by atoms with van der Waals surface area (Å²) in [7, 11) is 0. The van der Waals surface area contributed by atoms with E-state index < -0.39 is 0 Å². The molecule has 0 atom stereocenters.